The molecule has 1 aromatic carbocycles. The Bertz CT molecular complexity index is 1260. The van der Waals surface area contributed by atoms with E-state index in [1.54, 1.807) is 37.4 Å². The van der Waals surface area contributed by atoms with Crippen LogP contribution in [-0.4, -0.2) is 48.8 Å². The fraction of sp³-hybridized carbons (Fsp3) is 0.480. The van der Waals surface area contributed by atoms with Crippen LogP contribution in [0.3, 0.4) is 0 Å². The van der Waals surface area contributed by atoms with Crippen molar-refractivity contribution in [2.45, 2.75) is 56.8 Å². The number of nitrogens with one attached hydrogen (secondary N) is 1. The molecule has 1 atom stereocenters. The number of pyridine rings is 1. The Morgan fingerprint density at radius 2 is 1.80 bits per heavy atom. The smallest absolute Gasteiger partial charge is 0.243 e. The lowest BCUT2D eigenvalue weighted by molar-refractivity contribution is -0.118. The van der Waals surface area contributed by atoms with Gasteiger partial charge in [0.05, 0.1) is 17.9 Å². The van der Waals surface area contributed by atoms with Gasteiger partial charge in [0.15, 0.2) is 5.13 Å². The number of ether oxygens (including phenoxy) is 1. The van der Waals surface area contributed by atoms with Crippen LogP contribution in [-0.2, 0) is 14.8 Å². The van der Waals surface area contributed by atoms with E-state index in [9.17, 15) is 13.2 Å². The maximum atomic E-state index is 13.5. The van der Waals surface area contributed by atoms with Gasteiger partial charge in [0, 0.05) is 19.2 Å². The Kier molecular flexibility index (Phi) is 8.03. The Morgan fingerprint density at radius 3 is 2.43 bits per heavy atom. The molecule has 1 saturated carbocycles. The lowest BCUT2D eigenvalue weighted by atomic mass is 9.87. The second-order valence-corrected chi connectivity index (χ2v) is 11.7. The number of rotatable bonds is 10. The van der Waals surface area contributed by atoms with E-state index in [-0.39, 0.29) is 10.8 Å². The maximum Gasteiger partial charge on any atom is 0.243 e. The van der Waals surface area contributed by atoms with Crippen molar-refractivity contribution in [3.63, 3.8) is 0 Å². The van der Waals surface area contributed by atoms with E-state index in [1.165, 1.54) is 28.5 Å². The fourth-order valence-electron chi connectivity index (χ4n) is 4.72. The third-order valence-electron chi connectivity index (χ3n) is 6.66. The summed E-state index contributed by atoms with van der Waals surface area (Å²) in [5, 5.41) is 3.47. The second kappa shape index (κ2) is 11.0. The molecule has 0 radical (unpaired) electrons. The molecular formula is C25H32N4O4S2. The molecule has 188 valence electrons. The number of hydrogen-bond acceptors (Lipinski definition) is 7. The van der Waals surface area contributed by atoms with Crippen molar-refractivity contribution in [3.05, 3.63) is 42.0 Å². The number of benzene rings is 1. The van der Waals surface area contributed by atoms with E-state index in [2.05, 4.69) is 15.3 Å². The van der Waals surface area contributed by atoms with E-state index >= 15 is 0 Å². The van der Waals surface area contributed by atoms with Crippen molar-refractivity contribution in [2.24, 2.45) is 5.92 Å². The largest absolute Gasteiger partial charge is 0.481 e. The van der Waals surface area contributed by atoms with Crippen LogP contribution >= 0.6 is 11.3 Å². The van der Waals surface area contributed by atoms with Crippen LogP contribution in [0.1, 0.15) is 57.4 Å². The van der Waals surface area contributed by atoms with E-state index in [0.717, 1.165) is 24.8 Å². The fourth-order valence-corrected chi connectivity index (χ4v) is 7.01. The predicted octanol–water partition coefficient (Wildman–Crippen LogP) is 5.03. The summed E-state index contributed by atoms with van der Waals surface area (Å²) >= 11 is 1.31. The molecule has 1 aliphatic rings. The molecular weight excluding hydrogens is 484 g/mol. The quantitative estimate of drug-likeness (QED) is 0.405. The number of anilines is 1. The van der Waals surface area contributed by atoms with Crippen LogP contribution in [0.25, 0.3) is 10.3 Å². The number of amides is 1. The summed E-state index contributed by atoms with van der Waals surface area (Å²) in [6.07, 6.45) is 5.33. The Hall–Kier alpha value is -2.56. The normalized spacial score (nSPS) is 15.5. The highest BCUT2D eigenvalue weighted by Gasteiger charge is 2.28. The number of sulfonamides is 1. The summed E-state index contributed by atoms with van der Waals surface area (Å²) in [6.45, 7) is 4.47. The van der Waals surface area contributed by atoms with E-state index in [4.69, 9.17) is 4.74 Å². The lowest BCUT2D eigenvalue weighted by Gasteiger charge is -2.21. The number of methoxy groups -OCH3 is 1. The Labute approximate surface area is 210 Å². The third kappa shape index (κ3) is 5.65. The first-order valence-corrected chi connectivity index (χ1v) is 14.3. The van der Waals surface area contributed by atoms with Gasteiger partial charge >= 0.3 is 0 Å². The first kappa shape index (κ1) is 25.5. The number of hydrogen-bond donors (Lipinski definition) is 1. The molecule has 1 aliphatic carbocycles. The van der Waals surface area contributed by atoms with Crippen molar-refractivity contribution in [3.8, 4) is 5.88 Å². The molecule has 35 heavy (non-hydrogen) atoms. The van der Waals surface area contributed by atoms with Gasteiger partial charge in [-0.1, -0.05) is 63.0 Å². The number of carbonyl (C=O) groups excluding carboxylic acids is 1. The summed E-state index contributed by atoms with van der Waals surface area (Å²) in [5.74, 6) is 0.448. The zero-order valence-electron chi connectivity index (χ0n) is 20.4. The highest BCUT2D eigenvalue weighted by molar-refractivity contribution is 7.89. The number of aromatic nitrogens is 2. The van der Waals surface area contributed by atoms with Crippen LogP contribution in [0, 0.1) is 5.92 Å². The molecule has 2 heterocycles. The van der Waals surface area contributed by atoms with Crippen molar-refractivity contribution in [1.82, 2.24) is 14.3 Å². The summed E-state index contributed by atoms with van der Waals surface area (Å²) in [4.78, 5) is 23.3. The van der Waals surface area contributed by atoms with E-state index in [1.807, 2.05) is 19.9 Å². The second-order valence-electron chi connectivity index (χ2n) is 8.78. The van der Waals surface area contributed by atoms with Gasteiger partial charge < -0.3 is 10.1 Å². The average molecular weight is 517 g/mol. The molecule has 2 aromatic heterocycles. The number of carbonyl (C=O) groups is 1. The number of thiazole rings is 1. The van der Waals surface area contributed by atoms with Gasteiger partial charge in [-0.3, -0.25) is 4.79 Å². The molecule has 4 rings (SSSR count). The highest BCUT2D eigenvalue weighted by Crippen LogP contribution is 2.36. The summed E-state index contributed by atoms with van der Waals surface area (Å²) in [7, 11) is -1.99. The topological polar surface area (TPSA) is 101 Å². The molecule has 1 N–H and O–H groups in total. The van der Waals surface area contributed by atoms with E-state index < -0.39 is 15.9 Å². The molecule has 1 unspecified atom stereocenters. The van der Waals surface area contributed by atoms with Crippen LogP contribution in [0.5, 0.6) is 5.88 Å². The lowest BCUT2D eigenvalue weighted by Crippen LogP contribution is -2.30. The van der Waals surface area contributed by atoms with Crippen molar-refractivity contribution < 1.29 is 17.9 Å². The third-order valence-corrected chi connectivity index (χ3v) is 9.60. The Morgan fingerprint density at radius 1 is 1.11 bits per heavy atom. The van der Waals surface area contributed by atoms with Crippen LogP contribution in [0.2, 0.25) is 0 Å². The zero-order chi connectivity index (χ0) is 25.0. The SMILES string of the molecule is CCN(CC)S(=O)(=O)c1ccc(C(CC2CCCC2)C(=O)Nc2nc3ccc(OC)nc3s2)cc1. The van der Waals surface area contributed by atoms with E-state index in [0.29, 0.717) is 40.4 Å². The molecule has 8 nitrogen and oxygen atoms in total. The minimum absolute atomic E-state index is 0.137. The number of nitrogens with zero attached hydrogens (tertiary/aromatic N) is 3. The van der Waals surface area contributed by atoms with Gasteiger partial charge in [-0.25, -0.2) is 18.4 Å². The van der Waals surface area contributed by atoms with Crippen molar-refractivity contribution in [2.75, 3.05) is 25.5 Å². The van der Waals surface area contributed by atoms with Gasteiger partial charge in [0.25, 0.3) is 0 Å². The van der Waals surface area contributed by atoms with Crippen LogP contribution in [0.4, 0.5) is 5.13 Å². The minimum atomic E-state index is -3.55. The summed E-state index contributed by atoms with van der Waals surface area (Å²) in [5.41, 5.74) is 1.51. The first-order chi connectivity index (χ1) is 16.8. The molecule has 3 aromatic rings. The summed E-state index contributed by atoms with van der Waals surface area (Å²) in [6, 6.07) is 10.3. The van der Waals surface area contributed by atoms with Gasteiger partial charge in [-0.05, 0) is 36.1 Å². The zero-order valence-corrected chi connectivity index (χ0v) is 22.0. The molecule has 1 fully saturated rings. The predicted molar refractivity (Wildman–Crippen MR) is 138 cm³/mol. The monoisotopic (exact) mass is 516 g/mol. The van der Waals surface area contributed by atoms with Crippen LogP contribution in [0.15, 0.2) is 41.3 Å². The minimum Gasteiger partial charge on any atom is -0.481 e. The molecule has 0 saturated heterocycles. The summed E-state index contributed by atoms with van der Waals surface area (Å²) < 4.78 is 32.4. The van der Waals surface area contributed by atoms with Gasteiger partial charge in [0.2, 0.25) is 21.8 Å². The molecule has 0 bridgehead atoms. The molecule has 1 amide bonds. The van der Waals surface area contributed by atoms with Gasteiger partial charge in [-0.15, -0.1) is 0 Å². The van der Waals surface area contributed by atoms with Gasteiger partial charge in [-0.2, -0.15) is 4.31 Å². The Balaban J connectivity index is 1.58. The first-order valence-electron chi connectivity index (χ1n) is 12.1. The maximum absolute atomic E-state index is 13.5. The molecule has 0 spiro atoms. The van der Waals surface area contributed by atoms with Crippen molar-refractivity contribution in [1.29, 1.82) is 0 Å². The standard InChI is InChI=1S/C25H32N4O4S2/c1-4-29(5-2)35(31,32)19-12-10-18(11-13-19)20(16-17-8-6-7-9-17)23(30)28-25-26-21-14-15-22(33-3)27-24(21)34-25/h10-15,17,20H,4-9,16H2,1-3H3,(H,26,28,30). The average Bonchev–Trinajstić information content (AvgIpc) is 3.52. The highest BCUT2D eigenvalue weighted by atomic mass is 32.2. The molecule has 0 aliphatic heterocycles. The van der Waals surface area contributed by atoms with Gasteiger partial charge in [0.1, 0.15) is 10.3 Å². The number of fused-ring (bicyclic) bond motifs is 1. The van der Waals surface area contributed by atoms with Crippen LogP contribution < -0.4 is 10.1 Å². The van der Waals surface area contributed by atoms with Crippen molar-refractivity contribution >= 4 is 42.7 Å². The molecule has 10 heteroatoms.